The maximum Gasteiger partial charge on any atom is -0.0231 e. The van der Waals surface area contributed by atoms with Crippen molar-refractivity contribution in [3.05, 3.63) is 12.7 Å². The Labute approximate surface area is 76.1 Å². The molecule has 1 atom stereocenters. The SMILES string of the molecule is C=CC1CCC2(CCCCC2)C1. The van der Waals surface area contributed by atoms with Gasteiger partial charge in [0.15, 0.2) is 0 Å². The van der Waals surface area contributed by atoms with Crippen LogP contribution in [0.3, 0.4) is 0 Å². The van der Waals surface area contributed by atoms with Gasteiger partial charge in [-0.05, 0) is 43.4 Å². The third-order valence-corrected chi connectivity index (χ3v) is 3.99. The van der Waals surface area contributed by atoms with Gasteiger partial charge < -0.3 is 0 Å². The van der Waals surface area contributed by atoms with Gasteiger partial charge in [0.2, 0.25) is 0 Å². The molecule has 2 aliphatic rings. The Morgan fingerprint density at radius 1 is 1.08 bits per heavy atom. The molecule has 0 nitrogen and oxygen atoms in total. The molecule has 12 heavy (non-hydrogen) atoms. The fourth-order valence-electron chi connectivity index (χ4n) is 3.21. The van der Waals surface area contributed by atoms with Gasteiger partial charge in [-0.15, -0.1) is 6.58 Å². The van der Waals surface area contributed by atoms with Crippen molar-refractivity contribution in [2.45, 2.75) is 51.4 Å². The first-order valence-corrected chi connectivity index (χ1v) is 5.47. The van der Waals surface area contributed by atoms with Crippen molar-refractivity contribution in [2.24, 2.45) is 11.3 Å². The first-order valence-electron chi connectivity index (χ1n) is 5.47. The summed E-state index contributed by atoms with van der Waals surface area (Å²) in [6, 6.07) is 0. The molecule has 0 aromatic carbocycles. The Bertz CT molecular complexity index is 163. The Morgan fingerprint density at radius 2 is 1.83 bits per heavy atom. The first-order chi connectivity index (χ1) is 5.85. The van der Waals surface area contributed by atoms with E-state index < -0.39 is 0 Å². The summed E-state index contributed by atoms with van der Waals surface area (Å²) in [6.45, 7) is 3.92. The minimum Gasteiger partial charge on any atom is -0.103 e. The summed E-state index contributed by atoms with van der Waals surface area (Å²) in [5, 5.41) is 0. The lowest BCUT2D eigenvalue weighted by Crippen LogP contribution is -2.20. The Kier molecular flexibility index (Phi) is 2.25. The van der Waals surface area contributed by atoms with E-state index in [-0.39, 0.29) is 0 Å². The van der Waals surface area contributed by atoms with Crippen molar-refractivity contribution < 1.29 is 0 Å². The molecule has 0 aliphatic heterocycles. The third kappa shape index (κ3) is 1.44. The predicted molar refractivity (Wildman–Crippen MR) is 53.1 cm³/mol. The molecule has 2 fully saturated rings. The highest BCUT2D eigenvalue weighted by molar-refractivity contribution is 4.96. The molecule has 1 spiro atoms. The number of hydrogen-bond acceptors (Lipinski definition) is 0. The molecule has 0 aromatic rings. The van der Waals surface area contributed by atoms with Gasteiger partial charge >= 0.3 is 0 Å². The molecule has 0 heterocycles. The van der Waals surface area contributed by atoms with Crippen LogP contribution >= 0.6 is 0 Å². The molecular formula is C12H20. The van der Waals surface area contributed by atoms with Crippen LogP contribution in [-0.2, 0) is 0 Å². The lowest BCUT2D eigenvalue weighted by Gasteiger charge is -2.33. The fourth-order valence-corrected chi connectivity index (χ4v) is 3.21. The van der Waals surface area contributed by atoms with Crippen molar-refractivity contribution in [1.82, 2.24) is 0 Å². The summed E-state index contributed by atoms with van der Waals surface area (Å²) in [5.41, 5.74) is 0.775. The van der Waals surface area contributed by atoms with E-state index in [2.05, 4.69) is 12.7 Å². The lowest BCUT2D eigenvalue weighted by atomic mass is 9.72. The quantitative estimate of drug-likeness (QED) is 0.515. The minimum absolute atomic E-state index is 0.775. The van der Waals surface area contributed by atoms with Crippen molar-refractivity contribution in [3.63, 3.8) is 0 Å². The summed E-state index contributed by atoms with van der Waals surface area (Å²) in [5.74, 6) is 0.850. The van der Waals surface area contributed by atoms with Gasteiger partial charge in [0.1, 0.15) is 0 Å². The zero-order valence-corrected chi connectivity index (χ0v) is 8.02. The second kappa shape index (κ2) is 3.24. The monoisotopic (exact) mass is 164 g/mol. The first kappa shape index (κ1) is 8.34. The molecule has 2 rings (SSSR count). The molecule has 0 saturated heterocycles. The highest BCUT2D eigenvalue weighted by Gasteiger charge is 2.38. The normalized spacial score (nSPS) is 33.8. The molecular weight excluding hydrogens is 144 g/mol. The Morgan fingerprint density at radius 3 is 2.42 bits per heavy atom. The van der Waals surface area contributed by atoms with Gasteiger partial charge in [0.25, 0.3) is 0 Å². The maximum absolute atomic E-state index is 3.92. The average Bonchev–Trinajstić information content (AvgIpc) is 2.50. The summed E-state index contributed by atoms with van der Waals surface area (Å²) in [4.78, 5) is 0. The topological polar surface area (TPSA) is 0 Å². The third-order valence-electron chi connectivity index (χ3n) is 3.99. The molecule has 0 N–H and O–H groups in total. The molecule has 0 amide bonds. The molecule has 68 valence electrons. The van der Waals surface area contributed by atoms with Crippen LogP contribution in [0.4, 0.5) is 0 Å². The van der Waals surface area contributed by atoms with Crippen LogP contribution in [0, 0.1) is 11.3 Å². The second-order valence-corrected chi connectivity index (χ2v) is 4.80. The average molecular weight is 164 g/mol. The predicted octanol–water partition coefficient (Wildman–Crippen LogP) is 3.92. The molecule has 0 radical (unpaired) electrons. The second-order valence-electron chi connectivity index (χ2n) is 4.80. The van der Waals surface area contributed by atoms with Gasteiger partial charge in [0, 0.05) is 0 Å². The standard InChI is InChI=1S/C12H20/c1-2-11-6-9-12(10-11)7-4-3-5-8-12/h2,11H,1,3-10H2. The molecule has 2 aliphatic carbocycles. The zero-order valence-electron chi connectivity index (χ0n) is 8.02. The molecule has 1 unspecified atom stereocenters. The van der Waals surface area contributed by atoms with E-state index in [0.29, 0.717) is 0 Å². The van der Waals surface area contributed by atoms with Crippen LogP contribution in [0.25, 0.3) is 0 Å². The van der Waals surface area contributed by atoms with E-state index >= 15 is 0 Å². The van der Waals surface area contributed by atoms with Crippen molar-refractivity contribution in [3.8, 4) is 0 Å². The van der Waals surface area contributed by atoms with Crippen LogP contribution < -0.4 is 0 Å². The smallest absolute Gasteiger partial charge is 0.0231 e. The van der Waals surface area contributed by atoms with E-state index in [1.165, 1.54) is 51.4 Å². The van der Waals surface area contributed by atoms with Crippen LogP contribution in [0.15, 0.2) is 12.7 Å². The van der Waals surface area contributed by atoms with Gasteiger partial charge in [-0.3, -0.25) is 0 Å². The van der Waals surface area contributed by atoms with Crippen molar-refractivity contribution >= 4 is 0 Å². The van der Waals surface area contributed by atoms with Gasteiger partial charge in [-0.2, -0.15) is 0 Å². The van der Waals surface area contributed by atoms with Crippen LogP contribution in [0.2, 0.25) is 0 Å². The largest absolute Gasteiger partial charge is 0.103 e. The Balaban J connectivity index is 1.98. The molecule has 0 heteroatoms. The number of rotatable bonds is 1. The summed E-state index contributed by atoms with van der Waals surface area (Å²) in [7, 11) is 0. The van der Waals surface area contributed by atoms with Gasteiger partial charge in [-0.1, -0.05) is 25.3 Å². The highest BCUT2D eigenvalue weighted by Crippen LogP contribution is 2.51. The number of allylic oxidation sites excluding steroid dienone is 1. The van der Waals surface area contributed by atoms with Gasteiger partial charge in [-0.25, -0.2) is 0 Å². The van der Waals surface area contributed by atoms with E-state index in [1.54, 1.807) is 0 Å². The minimum atomic E-state index is 0.775. The van der Waals surface area contributed by atoms with Crippen molar-refractivity contribution in [1.29, 1.82) is 0 Å². The summed E-state index contributed by atoms with van der Waals surface area (Å²) in [6.07, 6.45) is 14.0. The lowest BCUT2D eigenvalue weighted by molar-refractivity contribution is 0.193. The highest BCUT2D eigenvalue weighted by atomic mass is 14.4. The number of hydrogen-bond donors (Lipinski definition) is 0. The molecule has 0 bridgehead atoms. The van der Waals surface area contributed by atoms with Crippen LogP contribution in [-0.4, -0.2) is 0 Å². The van der Waals surface area contributed by atoms with E-state index in [4.69, 9.17) is 0 Å². The fraction of sp³-hybridized carbons (Fsp3) is 0.833. The van der Waals surface area contributed by atoms with Crippen LogP contribution in [0.1, 0.15) is 51.4 Å². The van der Waals surface area contributed by atoms with Crippen molar-refractivity contribution in [2.75, 3.05) is 0 Å². The Hall–Kier alpha value is -0.260. The van der Waals surface area contributed by atoms with E-state index in [1.807, 2.05) is 0 Å². The van der Waals surface area contributed by atoms with Gasteiger partial charge in [0.05, 0.1) is 0 Å². The summed E-state index contributed by atoms with van der Waals surface area (Å²) < 4.78 is 0. The molecule has 0 aromatic heterocycles. The van der Waals surface area contributed by atoms with E-state index in [0.717, 1.165) is 11.3 Å². The molecule has 2 saturated carbocycles. The zero-order chi connectivity index (χ0) is 8.44. The van der Waals surface area contributed by atoms with Crippen LogP contribution in [0.5, 0.6) is 0 Å². The summed E-state index contributed by atoms with van der Waals surface area (Å²) >= 11 is 0. The van der Waals surface area contributed by atoms with E-state index in [9.17, 15) is 0 Å². The maximum atomic E-state index is 3.92.